The smallest absolute Gasteiger partial charge is 0.0653 e. The fourth-order valence-electron chi connectivity index (χ4n) is 7.32. The molecule has 0 aromatic carbocycles. The number of allylic oxidation sites excluding steroid dienone is 1. The normalized spacial score (nSPS) is 58.1. The summed E-state index contributed by atoms with van der Waals surface area (Å²) >= 11 is 0. The van der Waals surface area contributed by atoms with E-state index in [2.05, 4.69) is 20.4 Å². The van der Waals surface area contributed by atoms with Gasteiger partial charge in [-0.25, -0.2) is 0 Å². The Hall–Kier alpha value is -0.300. The molecule has 1 spiro atoms. The largest absolute Gasteiger partial charge is 0.390 e. The van der Waals surface area contributed by atoms with E-state index in [0.29, 0.717) is 16.7 Å². The Balaban J connectivity index is 1.74. The van der Waals surface area contributed by atoms with Crippen LogP contribution in [0.4, 0.5) is 0 Å². The van der Waals surface area contributed by atoms with Gasteiger partial charge in [0.05, 0.1) is 5.60 Å². The minimum Gasteiger partial charge on any atom is -0.390 e. The molecule has 20 heavy (non-hydrogen) atoms. The van der Waals surface area contributed by atoms with Crippen molar-refractivity contribution >= 4 is 0 Å². The van der Waals surface area contributed by atoms with Crippen LogP contribution in [0.1, 0.15) is 71.6 Å². The highest BCUT2D eigenvalue weighted by molar-refractivity contribution is 5.22. The van der Waals surface area contributed by atoms with Gasteiger partial charge in [-0.1, -0.05) is 25.5 Å². The van der Waals surface area contributed by atoms with E-state index >= 15 is 0 Å². The molecule has 0 heterocycles. The van der Waals surface area contributed by atoms with Crippen LogP contribution in [0.3, 0.4) is 0 Å². The lowest BCUT2D eigenvalue weighted by molar-refractivity contribution is -0.180. The van der Waals surface area contributed by atoms with Gasteiger partial charge in [0, 0.05) is 0 Å². The van der Waals surface area contributed by atoms with E-state index in [9.17, 15) is 5.11 Å². The summed E-state index contributed by atoms with van der Waals surface area (Å²) in [6.07, 6.45) is 11.7. The molecule has 6 unspecified atom stereocenters. The molecule has 4 rings (SSSR count). The molecule has 0 amide bonds. The second-order valence-corrected chi connectivity index (χ2v) is 9.04. The molecule has 0 aromatic rings. The Labute approximate surface area is 123 Å². The van der Waals surface area contributed by atoms with Gasteiger partial charge in [-0.15, -0.1) is 0 Å². The molecule has 1 N–H and O–H groups in total. The molecule has 0 aromatic heterocycles. The molecule has 112 valence electrons. The van der Waals surface area contributed by atoms with Crippen molar-refractivity contribution in [1.82, 2.24) is 0 Å². The molecule has 0 radical (unpaired) electrons. The van der Waals surface area contributed by atoms with Gasteiger partial charge in [0.2, 0.25) is 0 Å². The third kappa shape index (κ3) is 1.54. The molecule has 2 bridgehead atoms. The predicted molar refractivity (Wildman–Crippen MR) is 82.3 cm³/mol. The highest BCUT2D eigenvalue weighted by atomic mass is 16.3. The lowest BCUT2D eigenvalue weighted by atomic mass is 9.43. The van der Waals surface area contributed by atoms with Gasteiger partial charge in [-0.3, -0.25) is 0 Å². The molecule has 4 fully saturated rings. The van der Waals surface area contributed by atoms with Crippen molar-refractivity contribution in [2.45, 2.75) is 77.2 Å². The topological polar surface area (TPSA) is 20.2 Å². The summed E-state index contributed by atoms with van der Waals surface area (Å²) in [7, 11) is 0. The fourth-order valence-corrected chi connectivity index (χ4v) is 7.32. The van der Waals surface area contributed by atoms with Gasteiger partial charge >= 0.3 is 0 Å². The Morgan fingerprint density at radius 1 is 1.05 bits per heavy atom. The molecule has 0 saturated heterocycles. The van der Waals surface area contributed by atoms with Gasteiger partial charge in [-0.2, -0.15) is 0 Å². The minimum atomic E-state index is -0.416. The number of rotatable bonds is 0. The minimum absolute atomic E-state index is 0.385. The number of aliphatic hydroxyl groups is 1. The molecule has 1 nitrogen and oxygen atoms in total. The van der Waals surface area contributed by atoms with Gasteiger partial charge in [-0.05, 0) is 86.9 Å². The summed E-state index contributed by atoms with van der Waals surface area (Å²) in [6, 6.07) is 0. The summed E-state index contributed by atoms with van der Waals surface area (Å²) in [6.45, 7) is 9.03. The maximum absolute atomic E-state index is 10.9. The van der Waals surface area contributed by atoms with Crippen LogP contribution in [0.2, 0.25) is 0 Å². The van der Waals surface area contributed by atoms with E-state index in [4.69, 9.17) is 0 Å². The standard InChI is InChI=1S/C19H30O/c1-13-11-19-10-7-15-17(2,8-4-9-18(15,3)20)16(19)6-5-14(13)12-19/h14-16,20H,1,4-12H2,2-3H3. The number of hydrogen-bond donors (Lipinski definition) is 1. The van der Waals surface area contributed by atoms with Crippen molar-refractivity contribution < 1.29 is 5.11 Å². The van der Waals surface area contributed by atoms with Crippen molar-refractivity contribution in [1.29, 1.82) is 0 Å². The van der Waals surface area contributed by atoms with Crippen LogP contribution in [0.25, 0.3) is 0 Å². The van der Waals surface area contributed by atoms with Crippen molar-refractivity contribution in [3.05, 3.63) is 12.2 Å². The lowest BCUT2D eigenvalue weighted by Gasteiger charge is -2.63. The van der Waals surface area contributed by atoms with Crippen molar-refractivity contribution in [3.8, 4) is 0 Å². The average Bonchev–Trinajstić information content (AvgIpc) is 2.58. The zero-order valence-electron chi connectivity index (χ0n) is 13.3. The molecular weight excluding hydrogens is 244 g/mol. The van der Waals surface area contributed by atoms with Crippen LogP contribution < -0.4 is 0 Å². The maximum Gasteiger partial charge on any atom is 0.0653 e. The molecule has 1 heteroatoms. The van der Waals surface area contributed by atoms with Crippen molar-refractivity contribution in [2.75, 3.05) is 0 Å². The first-order valence-electron chi connectivity index (χ1n) is 8.77. The molecular formula is C19H30O. The number of hydrogen-bond acceptors (Lipinski definition) is 1. The van der Waals surface area contributed by atoms with Gasteiger partial charge in [0.15, 0.2) is 0 Å². The molecule has 4 aliphatic carbocycles. The van der Waals surface area contributed by atoms with Crippen molar-refractivity contribution in [2.24, 2.45) is 28.6 Å². The Morgan fingerprint density at radius 2 is 1.85 bits per heavy atom. The van der Waals surface area contributed by atoms with E-state index in [1.54, 1.807) is 5.57 Å². The van der Waals surface area contributed by atoms with E-state index in [1.165, 1.54) is 51.4 Å². The third-order valence-corrected chi connectivity index (χ3v) is 8.02. The lowest BCUT2D eigenvalue weighted by Crippen LogP contribution is -2.58. The quantitative estimate of drug-likeness (QED) is 0.635. The van der Waals surface area contributed by atoms with E-state index in [1.807, 2.05) is 0 Å². The van der Waals surface area contributed by atoms with E-state index in [-0.39, 0.29) is 0 Å². The summed E-state index contributed by atoms with van der Waals surface area (Å²) in [5.41, 5.74) is 2.09. The first-order valence-corrected chi connectivity index (χ1v) is 8.77. The second kappa shape index (κ2) is 3.91. The predicted octanol–water partition coefficient (Wildman–Crippen LogP) is 4.70. The second-order valence-electron chi connectivity index (χ2n) is 9.04. The number of fused-ring (bicyclic) bond motifs is 3. The highest BCUT2D eigenvalue weighted by Gasteiger charge is 2.63. The van der Waals surface area contributed by atoms with Gasteiger partial charge < -0.3 is 5.11 Å². The van der Waals surface area contributed by atoms with Crippen LogP contribution in [0.5, 0.6) is 0 Å². The summed E-state index contributed by atoms with van der Waals surface area (Å²) in [5, 5.41) is 10.9. The van der Waals surface area contributed by atoms with Crippen molar-refractivity contribution in [3.63, 3.8) is 0 Å². The van der Waals surface area contributed by atoms with E-state index in [0.717, 1.165) is 18.3 Å². The Kier molecular flexibility index (Phi) is 2.61. The fraction of sp³-hybridized carbons (Fsp3) is 0.895. The van der Waals surface area contributed by atoms with Crippen LogP contribution in [0.15, 0.2) is 12.2 Å². The zero-order chi connectivity index (χ0) is 14.2. The average molecular weight is 274 g/mol. The SMILES string of the molecule is C=C1CC23CCC4C(C)(O)CCCC4(C)C2CCC1C3. The zero-order valence-corrected chi connectivity index (χ0v) is 13.3. The third-order valence-electron chi connectivity index (χ3n) is 8.02. The maximum atomic E-state index is 10.9. The monoisotopic (exact) mass is 274 g/mol. The first-order chi connectivity index (χ1) is 9.37. The molecule has 4 aliphatic rings. The first kappa shape index (κ1) is 13.4. The Bertz CT molecular complexity index is 451. The molecule has 4 saturated carbocycles. The molecule has 6 atom stereocenters. The van der Waals surface area contributed by atoms with Gasteiger partial charge in [0.1, 0.15) is 0 Å². The van der Waals surface area contributed by atoms with Crippen LogP contribution in [-0.2, 0) is 0 Å². The summed E-state index contributed by atoms with van der Waals surface area (Å²) in [5.74, 6) is 2.20. The molecule has 0 aliphatic heterocycles. The summed E-state index contributed by atoms with van der Waals surface area (Å²) < 4.78 is 0. The summed E-state index contributed by atoms with van der Waals surface area (Å²) in [4.78, 5) is 0. The van der Waals surface area contributed by atoms with E-state index < -0.39 is 5.60 Å². The van der Waals surface area contributed by atoms with Gasteiger partial charge in [0.25, 0.3) is 0 Å². The highest BCUT2D eigenvalue weighted by Crippen LogP contribution is 2.70. The van der Waals surface area contributed by atoms with Crippen LogP contribution in [-0.4, -0.2) is 10.7 Å². The Morgan fingerprint density at radius 3 is 2.65 bits per heavy atom. The van der Waals surface area contributed by atoms with Crippen LogP contribution >= 0.6 is 0 Å². The van der Waals surface area contributed by atoms with Crippen LogP contribution in [0, 0.1) is 28.6 Å².